The van der Waals surface area contributed by atoms with E-state index in [-0.39, 0.29) is 0 Å². The molecule has 0 bridgehead atoms. The van der Waals surface area contributed by atoms with Crippen molar-refractivity contribution in [3.8, 4) is 0 Å². The maximum atomic E-state index is 14.7. The number of benzene rings is 2. The molecule has 2 rings (SSSR count). The molecule has 0 saturated heterocycles. The van der Waals surface area contributed by atoms with Crippen molar-refractivity contribution in [3.05, 3.63) is 57.6 Å². The van der Waals surface area contributed by atoms with Gasteiger partial charge in [-0.3, -0.25) is 0 Å². The Hall–Kier alpha value is -1.54. The molecular weight excluding hydrogens is 404 g/mol. The highest BCUT2D eigenvalue weighted by Gasteiger charge is 2.30. The fourth-order valence-corrected chi connectivity index (χ4v) is 7.30. The van der Waals surface area contributed by atoms with Gasteiger partial charge in [-0.2, -0.15) is 0 Å². The van der Waals surface area contributed by atoms with E-state index >= 15 is 0 Å². The van der Waals surface area contributed by atoms with Crippen LogP contribution in [0.2, 0.25) is 0 Å². The average molecular weight is 451 g/mol. The highest BCUT2D eigenvalue weighted by Crippen LogP contribution is 2.29. The summed E-state index contributed by atoms with van der Waals surface area (Å²) in [6, 6.07) is 9.36. The van der Waals surface area contributed by atoms with Crippen LogP contribution in [-0.4, -0.2) is 8.68 Å². The maximum Gasteiger partial charge on any atom is 0.347 e. The fourth-order valence-electron chi connectivity index (χ4n) is 4.56. The van der Waals surface area contributed by atoms with Crippen LogP contribution in [0.3, 0.4) is 0 Å². The Labute approximate surface area is 199 Å². The lowest BCUT2D eigenvalue weighted by atomic mass is 9.89. The van der Waals surface area contributed by atoms with Crippen molar-refractivity contribution in [2.45, 2.75) is 119 Å². The van der Waals surface area contributed by atoms with Crippen molar-refractivity contribution in [1.82, 2.24) is 0 Å². The van der Waals surface area contributed by atoms with E-state index in [1.165, 1.54) is 33.4 Å². The van der Waals surface area contributed by atoms with E-state index in [0.717, 1.165) is 10.4 Å². The zero-order valence-corrected chi connectivity index (χ0v) is 23.7. The second-order valence-electron chi connectivity index (χ2n) is 11.4. The molecule has 0 atom stereocenters. The van der Waals surface area contributed by atoms with Crippen LogP contribution in [0.4, 0.5) is 0 Å². The maximum absolute atomic E-state index is 14.7. The molecule has 0 unspecified atom stereocenters. The molecule has 2 aromatic carbocycles. The zero-order valence-electron chi connectivity index (χ0n) is 22.7. The summed E-state index contributed by atoms with van der Waals surface area (Å²) in [7, 11) is -2.18. The van der Waals surface area contributed by atoms with Crippen LogP contribution in [-0.2, 0) is 4.46 Å². The second-order valence-corrected chi connectivity index (χ2v) is 13.1. The van der Waals surface area contributed by atoms with Crippen LogP contribution >= 0.6 is 0 Å². The predicted octanol–water partition coefficient (Wildman–Crippen LogP) is 7.96. The summed E-state index contributed by atoms with van der Waals surface area (Å²) in [5, 5.41) is 2.26. The Morgan fingerprint density at radius 1 is 0.438 bits per heavy atom. The molecule has 0 heterocycles. The quantitative estimate of drug-likeness (QED) is 0.373. The van der Waals surface area contributed by atoms with Gasteiger partial charge in [0.25, 0.3) is 0 Å². The van der Waals surface area contributed by atoms with Crippen molar-refractivity contribution in [2.24, 2.45) is 0 Å². The van der Waals surface area contributed by atoms with Gasteiger partial charge in [0.15, 0.2) is 0 Å². The van der Waals surface area contributed by atoms with Crippen molar-refractivity contribution in [3.63, 3.8) is 0 Å². The highest BCUT2D eigenvalue weighted by molar-refractivity contribution is 6.74. The minimum absolute atomic E-state index is 0.343. The highest BCUT2D eigenvalue weighted by atomic mass is 28.3. The molecule has 32 heavy (non-hydrogen) atoms. The third kappa shape index (κ3) is 5.50. The molecular formula is C30H46OSi. The van der Waals surface area contributed by atoms with Crippen LogP contribution < -0.4 is 10.4 Å². The lowest BCUT2D eigenvalue weighted by molar-refractivity contribution is 0.573. The standard InChI is InChI=1S/C30H46OSi/c1-17(2)23-13-25(19(5)6)29(26(14-23)20(7)8)32(31)30-27(21(9)10)15-24(18(3)4)16-28(30)22(11)12/h13-22H,1-12H3. The minimum Gasteiger partial charge on any atom is -0.376 e. The summed E-state index contributed by atoms with van der Waals surface area (Å²) < 4.78 is 14.7. The van der Waals surface area contributed by atoms with Gasteiger partial charge in [0.1, 0.15) is 0 Å². The van der Waals surface area contributed by atoms with Crippen LogP contribution in [0, 0.1) is 0 Å². The summed E-state index contributed by atoms with van der Waals surface area (Å²) in [5.41, 5.74) is 7.84. The second kappa shape index (κ2) is 10.6. The third-order valence-corrected chi connectivity index (χ3v) is 8.78. The van der Waals surface area contributed by atoms with Crippen LogP contribution in [0.15, 0.2) is 24.3 Å². The molecule has 0 aliphatic carbocycles. The fraction of sp³-hybridized carbons (Fsp3) is 0.600. The van der Waals surface area contributed by atoms with Crippen molar-refractivity contribution < 1.29 is 4.46 Å². The Kier molecular flexibility index (Phi) is 8.84. The average Bonchev–Trinajstić information content (AvgIpc) is 2.70. The van der Waals surface area contributed by atoms with Crippen LogP contribution in [0.1, 0.15) is 152 Å². The van der Waals surface area contributed by atoms with Gasteiger partial charge in [0.05, 0.1) is 0 Å². The molecule has 0 saturated carbocycles. The van der Waals surface area contributed by atoms with E-state index in [9.17, 15) is 4.46 Å². The Morgan fingerprint density at radius 3 is 0.812 bits per heavy atom. The van der Waals surface area contributed by atoms with E-state index in [1.807, 2.05) is 0 Å². The van der Waals surface area contributed by atoms with Crippen LogP contribution in [0.5, 0.6) is 0 Å². The SMILES string of the molecule is CC(C)c1cc(C(C)C)c([Si](=O)c2c(C(C)C)cc(C(C)C)cc2C(C)C)c(C(C)C)c1. The molecule has 2 aromatic rings. The van der Waals surface area contributed by atoms with Gasteiger partial charge < -0.3 is 4.46 Å². The molecule has 1 nitrogen and oxygen atoms in total. The molecule has 0 spiro atoms. The third-order valence-electron chi connectivity index (χ3n) is 6.72. The monoisotopic (exact) mass is 450 g/mol. The first kappa shape index (κ1) is 26.7. The first-order chi connectivity index (χ1) is 14.8. The van der Waals surface area contributed by atoms with Gasteiger partial charge in [-0.1, -0.05) is 107 Å². The van der Waals surface area contributed by atoms with Crippen molar-refractivity contribution in [1.29, 1.82) is 0 Å². The summed E-state index contributed by atoms with van der Waals surface area (Å²) in [5.74, 6) is 2.30. The Bertz CT molecular complexity index is 825. The minimum atomic E-state index is -2.18. The van der Waals surface area contributed by atoms with Crippen LogP contribution in [0.25, 0.3) is 0 Å². The predicted molar refractivity (Wildman–Crippen MR) is 143 cm³/mol. The summed E-state index contributed by atoms with van der Waals surface area (Å²) in [6.45, 7) is 27.0. The van der Waals surface area contributed by atoms with Gasteiger partial charge in [0, 0.05) is 10.4 Å². The number of rotatable bonds is 8. The molecule has 2 heteroatoms. The van der Waals surface area contributed by atoms with E-state index in [2.05, 4.69) is 107 Å². The smallest absolute Gasteiger partial charge is 0.347 e. The van der Waals surface area contributed by atoms with E-state index in [4.69, 9.17) is 0 Å². The molecule has 0 N–H and O–H groups in total. The van der Waals surface area contributed by atoms with E-state index in [0.29, 0.717) is 35.5 Å². The Morgan fingerprint density at radius 2 is 0.656 bits per heavy atom. The normalized spacial score (nSPS) is 12.3. The first-order valence-electron chi connectivity index (χ1n) is 12.7. The molecule has 0 fully saturated rings. The zero-order chi connectivity index (χ0) is 24.5. The van der Waals surface area contributed by atoms with Gasteiger partial charge >= 0.3 is 8.68 Å². The Balaban J connectivity index is 2.96. The summed E-state index contributed by atoms with van der Waals surface area (Å²) in [4.78, 5) is 0. The molecule has 0 amide bonds. The topological polar surface area (TPSA) is 17.1 Å². The van der Waals surface area contributed by atoms with Gasteiger partial charge in [-0.15, -0.1) is 0 Å². The van der Waals surface area contributed by atoms with Gasteiger partial charge in [-0.05, 0) is 68.9 Å². The lowest BCUT2D eigenvalue weighted by Gasteiger charge is -2.26. The van der Waals surface area contributed by atoms with E-state index < -0.39 is 8.68 Å². The molecule has 0 aromatic heterocycles. The summed E-state index contributed by atoms with van der Waals surface area (Å²) in [6.07, 6.45) is 0. The molecule has 0 aliphatic rings. The first-order valence-corrected chi connectivity index (χ1v) is 14.1. The van der Waals surface area contributed by atoms with Crippen molar-refractivity contribution >= 4 is 19.1 Å². The molecule has 0 aliphatic heterocycles. The van der Waals surface area contributed by atoms with E-state index in [1.54, 1.807) is 0 Å². The molecule has 0 radical (unpaired) electrons. The number of hydrogen-bond acceptors (Lipinski definition) is 1. The number of hydrogen-bond donors (Lipinski definition) is 0. The van der Waals surface area contributed by atoms with Crippen molar-refractivity contribution in [2.75, 3.05) is 0 Å². The van der Waals surface area contributed by atoms with Gasteiger partial charge in [0.2, 0.25) is 0 Å². The summed E-state index contributed by atoms with van der Waals surface area (Å²) >= 11 is 0. The lowest BCUT2D eigenvalue weighted by Crippen LogP contribution is -2.43. The molecule has 176 valence electrons. The largest absolute Gasteiger partial charge is 0.376 e. The van der Waals surface area contributed by atoms with Gasteiger partial charge in [-0.25, -0.2) is 0 Å².